The quantitative estimate of drug-likeness (QED) is 0.666. The van der Waals surface area contributed by atoms with Crippen LogP contribution in [0.3, 0.4) is 0 Å². The van der Waals surface area contributed by atoms with Gasteiger partial charge >= 0.3 is 0 Å². The van der Waals surface area contributed by atoms with Crippen molar-refractivity contribution < 1.29 is 5.11 Å². The minimum absolute atomic E-state index is 0.162. The van der Waals surface area contributed by atoms with Crippen LogP contribution >= 0.6 is 0 Å². The van der Waals surface area contributed by atoms with E-state index < -0.39 is 0 Å². The Morgan fingerprint density at radius 2 is 1.82 bits per heavy atom. The van der Waals surface area contributed by atoms with Crippen molar-refractivity contribution in [1.82, 2.24) is 0 Å². The smallest absolute Gasteiger partial charge is 0.0482 e. The molecule has 1 rings (SSSR count). The van der Waals surface area contributed by atoms with Crippen molar-refractivity contribution in [3.05, 3.63) is 0 Å². The predicted octanol–water partition coefficient (Wildman–Crippen LogP) is 2.59. The van der Waals surface area contributed by atoms with Crippen molar-refractivity contribution in [2.24, 2.45) is 11.3 Å². The summed E-state index contributed by atoms with van der Waals surface area (Å²) in [6.45, 7) is 4.65. The molecule has 0 saturated heterocycles. The molecule has 0 radical (unpaired) electrons. The van der Waals surface area contributed by atoms with E-state index in [0.717, 1.165) is 5.92 Å². The average molecular weight is 156 g/mol. The van der Waals surface area contributed by atoms with Crippen molar-refractivity contribution in [1.29, 1.82) is 0 Å². The van der Waals surface area contributed by atoms with Crippen LogP contribution < -0.4 is 0 Å². The van der Waals surface area contributed by atoms with Gasteiger partial charge in [-0.1, -0.05) is 39.5 Å². The summed E-state index contributed by atoms with van der Waals surface area (Å²) in [5.74, 6) is 0.900. The van der Waals surface area contributed by atoms with Crippen LogP contribution in [-0.4, -0.2) is 11.7 Å². The van der Waals surface area contributed by atoms with Crippen LogP contribution in [0.15, 0.2) is 0 Å². The van der Waals surface area contributed by atoms with E-state index in [9.17, 15) is 0 Å². The van der Waals surface area contributed by atoms with Gasteiger partial charge in [0.2, 0.25) is 0 Å². The molecule has 66 valence electrons. The van der Waals surface area contributed by atoms with E-state index in [0.29, 0.717) is 6.61 Å². The van der Waals surface area contributed by atoms with Gasteiger partial charge in [0.1, 0.15) is 0 Å². The fourth-order valence-corrected chi connectivity index (χ4v) is 2.06. The molecule has 0 aromatic rings. The molecule has 1 fully saturated rings. The van der Waals surface area contributed by atoms with Crippen molar-refractivity contribution in [3.63, 3.8) is 0 Å². The topological polar surface area (TPSA) is 20.2 Å². The molecule has 0 heterocycles. The largest absolute Gasteiger partial charge is 0.396 e. The van der Waals surface area contributed by atoms with E-state index in [1.807, 2.05) is 0 Å². The van der Waals surface area contributed by atoms with E-state index in [1.54, 1.807) is 0 Å². The SMILES string of the molecule is CC(C)(CO)CC1CCCC1. The summed E-state index contributed by atoms with van der Waals surface area (Å²) >= 11 is 0. The molecule has 1 heteroatoms. The molecule has 0 unspecified atom stereocenters. The fraction of sp³-hybridized carbons (Fsp3) is 1.00. The zero-order chi connectivity index (χ0) is 8.32. The Kier molecular flexibility index (Phi) is 2.94. The highest BCUT2D eigenvalue weighted by Gasteiger charge is 2.24. The molecule has 1 nitrogen and oxygen atoms in total. The molecule has 0 aromatic carbocycles. The van der Waals surface area contributed by atoms with Crippen LogP contribution in [0.25, 0.3) is 0 Å². The summed E-state index contributed by atoms with van der Waals surface area (Å²) in [4.78, 5) is 0. The highest BCUT2D eigenvalue weighted by molar-refractivity contribution is 4.76. The summed E-state index contributed by atoms with van der Waals surface area (Å²) in [5.41, 5.74) is 0.162. The summed E-state index contributed by atoms with van der Waals surface area (Å²) in [5, 5.41) is 9.05. The van der Waals surface area contributed by atoms with Gasteiger partial charge in [0, 0.05) is 6.61 Å². The second kappa shape index (κ2) is 3.57. The molecule has 11 heavy (non-hydrogen) atoms. The molecular formula is C10H20O. The van der Waals surface area contributed by atoms with Crippen molar-refractivity contribution in [2.45, 2.75) is 46.0 Å². The first kappa shape index (κ1) is 9.05. The summed E-state index contributed by atoms with van der Waals surface area (Å²) in [6.07, 6.45) is 6.81. The predicted molar refractivity (Wildman–Crippen MR) is 47.4 cm³/mol. The third kappa shape index (κ3) is 2.82. The van der Waals surface area contributed by atoms with Gasteiger partial charge in [0.15, 0.2) is 0 Å². The molecular weight excluding hydrogens is 136 g/mol. The molecule has 1 N–H and O–H groups in total. The van der Waals surface area contributed by atoms with Crippen LogP contribution in [0, 0.1) is 11.3 Å². The maximum absolute atomic E-state index is 9.05. The maximum Gasteiger partial charge on any atom is 0.0482 e. The van der Waals surface area contributed by atoms with E-state index in [4.69, 9.17) is 5.11 Å². The van der Waals surface area contributed by atoms with Gasteiger partial charge < -0.3 is 5.11 Å². The van der Waals surface area contributed by atoms with Crippen LogP contribution in [-0.2, 0) is 0 Å². The van der Waals surface area contributed by atoms with Gasteiger partial charge in [0.05, 0.1) is 0 Å². The monoisotopic (exact) mass is 156 g/mol. The Bertz CT molecular complexity index is 112. The van der Waals surface area contributed by atoms with Crippen molar-refractivity contribution in [3.8, 4) is 0 Å². The molecule has 0 amide bonds. The van der Waals surface area contributed by atoms with Crippen LogP contribution in [0.5, 0.6) is 0 Å². The first-order chi connectivity index (χ1) is 5.14. The first-order valence-corrected chi connectivity index (χ1v) is 4.75. The highest BCUT2D eigenvalue weighted by atomic mass is 16.3. The molecule has 0 aromatic heterocycles. The van der Waals surface area contributed by atoms with Crippen molar-refractivity contribution in [2.75, 3.05) is 6.61 Å². The van der Waals surface area contributed by atoms with E-state index >= 15 is 0 Å². The molecule has 0 atom stereocenters. The minimum atomic E-state index is 0.162. The van der Waals surface area contributed by atoms with Gasteiger partial charge in [-0.25, -0.2) is 0 Å². The lowest BCUT2D eigenvalue weighted by molar-refractivity contribution is 0.131. The second-order valence-electron chi connectivity index (χ2n) is 4.68. The number of aliphatic hydroxyl groups is 1. The number of hydrogen-bond donors (Lipinski definition) is 1. The third-order valence-corrected chi connectivity index (χ3v) is 2.74. The number of hydrogen-bond acceptors (Lipinski definition) is 1. The van der Waals surface area contributed by atoms with E-state index in [-0.39, 0.29) is 5.41 Å². The molecule has 1 aliphatic carbocycles. The summed E-state index contributed by atoms with van der Waals surface area (Å²) in [6, 6.07) is 0. The average Bonchev–Trinajstić information content (AvgIpc) is 2.39. The lowest BCUT2D eigenvalue weighted by atomic mass is 9.83. The molecule has 0 aliphatic heterocycles. The van der Waals surface area contributed by atoms with Gasteiger partial charge in [-0.05, 0) is 17.8 Å². The van der Waals surface area contributed by atoms with Gasteiger partial charge in [0.25, 0.3) is 0 Å². The molecule has 0 bridgehead atoms. The lowest BCUT2D eigenvalue weighted by Crippen LogP contribution is -2.19. The normalized spacial score (nSPS) is 21.0. The van der Waals surface area contributed by atoms with E-state index in [2.05, 4.69) is 13.8 Å². The zero-order valence-corrected chi connectivity index (χ0v) is 7.77. The Morgan fingerprint density at radius 1 is 1.27 bits per heavy atom. The fourth-order valence-electron chi connectivity index (χ4n) is 2.06. The summed E-state index contributed by atoms with van der Waals surface area (Å²) in [7, 11) is 0. The number of rotatable bonds is 3. The molecule has 0 spiro atoms. The first-order valence-electron chi connectivity index (χ1n) is 4.75. The molecule has 1 saturated carbocycles. The highest BCUT2D eigenvalue weighted by Crippen LogP contribution is 2.34. The Morgan fingerprint density at radius 3 is 2.27 bits per heavy atom. The second-order valence-corrected chi connectivity index (χ2v) is 4.68. The standard InChI is InChI=1S/C10H20O/c1-10(2,8-11)7-9-5-3-4-6-9/h9,11H,3-8H2,1-2H3. The summed E-state index contributed by atoms with van der Waals surface area (Å²) < 4.78 is 0. The van der Waals surface area contributed by atoms with Gasteiger partial charge in [-0.2, -0.15) is 0 Å². The van der Waals surface area contributed by atoms with Gasteiger partial charge in [-0.15, -0.1) is 0 Å². The number of aliphatic hydroxyl groups excluding tert-OH is 1. The van der Waals surface area contributed by atoms with Crippen LogP contribution in [0.4, 0.5) is 0 Å². The van der Waals surface area contributed by atoms with Gasteiger partial charge in [-0.3, -0.25) is 0 Å². The Labute approximate surface area is 69.8 Å². The minimum Gasteiger partial charge on any atom is -0.396 e. The van der Waals surface area contributed by atoms with Crippen molar-refractivity contribution >= 4 is 0 Å². The van der Waals surface area contributed by atoms with E-state index in [1.165, 1.54) is 32.1 Å². The lowest BCUT2D eigenvalue weighted by Gasteiger charge is -2.25. The van der Waals surface area contributed by atoms with Crippen LogP contribution in [0.2, 0.25) is 0 Å². The molecule has 1 aliphatic rings. The maximum atomic E-state index is 9.05. The zero-order valence-electron chi connectivity index (χ0n) is 7.77. The Hall–Kier alpha value is -0.0400. The third-order valence-electron chi connectivity index (χ3n) is 2.74. The van der Waals surface area contributed by atoms with Crippen LogP contribution in [0.1, 0.15) is 46.0 Å². The Balaban J connectivity index is 2.28.